The van der Waals surface area contributed by atoms with Crippen LogP contribution >= 0.6 is 0 Å². The Morgan fingerprint density at radius 3 is 2.73 bits per heavy atom. The molecule has 0 aliphatic rings. The van der Waals surface area contributed by atoms with Gasteiger partial charge in [0, 0.05) is 0 Å². The van der Waals surface area contributed by atoms with E-state index >= 15 is 0 Å². The zero-order chi connectivity index (χ0) is 16.2. The number of carbonyl (C=O) groups is 1. The van der Waals surface area contributed by atoms with Crippen molar-refractivity contribution >= 4 is 5.97 Å². The molecule has 1 heterocycles. The molecular weight excluding hydrogens is 303 g/mol. The maximum absolute atomic E-state index is 12.8. The van der Waals surface area contributed by atoms with Crippen LogP contribution in [0.2, 0.25) is 0 Å². The van der Waals surface area contributed by atoms with Gasteiger partial charge in [-0.25, -0.2) is 14.5 Å². The molecule has 0 aliphatic carbocycles. The van der Waals surface area contributed by atoms with Gasteiger partial charge in [-0.3, -0.25) is 0 Å². The van der Waals surface area contributed by atoms with E-state index in [0.29, 0.717) is 0 Å². The minimum absolute atomic E-state index is 0.0585. The molecule has 6 nitrogen and oxygen atoms in total. The van der Waals surface area contributed by atoms with Crippen molar-refractivity contribution < 1.29 is 27.4 Å². The number of halogens is 3. The molecule has 1 aromatic carbocycles. The summed E-state index contributed by atoms with van der Waals surface area (Å²) in [6.45, 7) is 0.0766. The monoisotopic (exact) mass is 315 g/mol. The summed E-state index contributed by atoms with van der Waals surface area (Å²) >= 11 is 0. The molecule has 22 heavy (non-hydrogen) atoms. The van der Waals surface area contributed by atoms with E-state index in [1.807, 2.05) is 0 Å². The lowest BCUT2D eigenvalue weighted by Crippen LogP contribution is -2.13. The number of benzene rings is 1. The van der Waals surface area contributed by atoms with Gasteiger partial charge in [-0.15, -0.1) is 5.10 Å². The summed E-state index contributed by atoms with van der Waals surface area (Å²) in [5, 5.41) is 3.81. The van der Waals surface area contributed by atoms with Gasteiger partial charge in [0.25, 0.3) is 5.82 Å². The van der Waals surface area contributed by atoms with Gasteiger partial charge in [0.2, 0.25) is 0 Å². The Hall–Kier alpha value is -2.58. The fraction of sp³-hybridized carbons (Fsp3) is 0.308. The Morgan fingerprint density at radius 2 is 2.05 bits per heavy atom. The summed E-state index contributed by atoms with van der Waals surface area (Å²) in [5.41, 5.74) is -0.844. The van der Waals surface area contributed by atoms with Gasteiger partial charge >= 0.3 is 12.1 Å². The van der Waals surface area contributed by atoms with E-state index in [1.54, 1.807) is 0 Å². The van der Waals surface area contributed by atoms with E-state index in [0.717, 1.165) is 6.07 Å². The standard InChI is InChI=1S/C13H12F3N3O3/c1-21-12(20)11-17-8-19(18-11)6-7-22-10-5-3-2-4-9(10)13(14,15)16/h2-5,8H,6-7H2,1H3. The lowest BCUT2D eigenvalue weighted by Gasteiger charge is -2.13. The summed E-state index contributed by atoms with van der Waals surface area (Å²) in [5.74, 6) is -1.08. The second-order valence-electron chi connectivity index (χ2n) is 4.17. The summed E-state index contributed by atoms with van der Waals surface area (Å²) in [6.07, 6.45) is -3.22. The van der Waals surface area contributed by atoms with Gasteiger partial charge in [0.1, 0.15) is 18.7 Å². The van der Waals surface area contributed by atoms with Crippen LogP contribution in [0, 0.1) is 0 Å². The number of carbonyl (C=O) groups excluding carboxylic acids is 1. The van der Waals surface area contributed by atoms with Crippen molar-refractivity contribution in [3.8, 4) is 5.75 Å². The van der Waals surface area contributed by atoms with Crippen LogP contribution in [0.25, 0.3) is 0 Å². The maximum atomic E-state index is 12.8. The highest BCUT2D eigenvalue weighted by Gasteiger charge is 2.33. The predicted octanol–water partition coefficient (Wildman–Crippen LogP) is 2.16. The molecule has 0 radical (unpaired) electrons. The van der Waals surface area contributed by atoms with Gasteiger partial charge in [0.15, 0.2) is 0 Å². The zero-order valence-corrected chi connectivity index (χ0v) is 11.5. The third-order valence-electron chi connectivity index (χ3n) is 2.67. The second-order valence-corrected chi connectivity index (χ2v) is 4.17. The van der Waals surface area contributed by atoms with Crippen molar-refractivity contribution in [2.75, 3.05) is 13.7 Å². The van der Waals surface area contributed by atoms with Crippen LogP contribution in [0.15, 0.2) is 30.6 Å². The van der Waals surface area contributed by atoms with Crippen molar-refractivity contribution in [2.24, 2.45) is 0 Å². The fourth-order valence-corrected chi connectivity index (χ4v) is 1.66. The minimum atomic E-state index is -4.48. The Balaban J connectivity index is 1.97. The van der Waals surface area contributed by atoms with Crippen molar-refractivity contribution in [2.45, 2.75) is 12.7 Å². The van der Waals surface area contributed by atoms with Gasteiger partial charge in [-0.1, -0.05) is 12.1 Å². The quantitative estimate of drug-likeness (QED) is 0.791. The molecule has 0 N–H and O–H groups in total. The summed E-state index contributed by atoms with van der Waals surface area (Å²) in [6, 6.07) is 4.93. The Kier molecular flexibility index (Phi) is 4.64. The molecule has 0 amide bonds. The van der Waals surface area contributed by atoms with E-state index in [1.165, 1.54) is 36.3 Å². The summed E-state index contributed by atoms with van der Waals surface area (Å²) in [4.78, 5) is 14.9. The number of hydrogen-bond donors (Lipinski definition) is 0. The molecule has 0 fully saturated rings. The molecule has 0 aliphatic heterocycles. The second kappa shape index (κ2) is 6.46. The van der Waals surface area contributed by atoms with Gasteiger partial charge in [0.05, 0.1) is 19.2 Å². The first-order valence-electron chi connectivity index (χ1n) is 6.18. The highest BCUT2D eigenvalue weighted by Crippen LogP contribution is 2.35. The lowest BCUT2D eigenvalue weighted by atomic mass is 10.2. The van der Waals surface area contributed by atoms with Crippen LogP contribution in [0.1, 0.15) is 16.2 Å². The molecule has 0 unspecified atom stereocenters. The third-order valence-corrected chi connectivity index (χ3v) is 2.67. The van der Waals surface area contributed by atoms with E-state index < -0.39 is 17.7 Å². The Bertz CT molecular complexity index is 655. The Morgan fingerprint density at radius 1 is 1.32 bits per heavy atom. The lowest BCUT2D eigenvalue weighted by molar-refractivity contribution is -0.139. The van der Waals surface area contributed by atoms with Crippen molar-refractivity contribution in [1.29, 1.82) is 0 Å². The van der Waals surface area contributed by atoms with Gasteiger partial charge in [-0.05, 0) is 12.1 Å². The molecule has 1 aromatic heterocycles. The number of esters is 1. The average Bonchev–Trinajstić information content (AvgIpc) is 2.95. The SMILES string of the molecule is COC(=O)c1ncn(CCOc2ccccc2C(F)(F)F)n1. The zero-order valence-electron chi connectivity index (χ0n) is 11.5. The van der Waals surface area contributed by atoms with Crippen LogP contribution < -0.4 is 4.74 Å². The fourth-order valence-electron chi connectivity index (χ4n) is 1.66. The predicted molar refractivity (Wildman–Crippen MR) is 68.3 cm³/mol. The maximum Gasteiger partial charge on any atom is 0.419 e. The number of ether oxygens (including phenoxy) is 2. The topological polar surface area (TPSA) is 66.2 Å². The molecule has 0 spiro atoms. The number of nitrogens with zero attached hydrogens (tertiary/aromatic N) is 3. The first-order valence-corrected chi connectivity index (χ1v) is 6.18. The minimum Gasteiger partial charge on any atom is -0.491 e. The summed E-state index contributed by atoms with van der Waals surface area (Å²) in [7, 11) is 1.19. The van der Waals surface area contributed by atoms with E-state index in [9.17, 15) is 18.0 Å². The molecule has 0 bridgehead atoms. The number of aromatic nitrogens is 3. The third kappa shape index (κ3) is 3.74. The Labute approximate surface area is 123 Å². The first kappa shape index (κ1) is 15.8. The van der Waals surface area contributed by atoms with Gasteiger partial charge < -0.3 is 9.47 Å². The number of rotatable bonds is 5. The molecule has 0 saturated carbocycles. The van der Waals surface area contributed by atoms with Crippen LogP contribution in [0.3, 0.4) is 0 Å². The largest absolute Gasteiger partial charge is 0.491 e. The smallest absolute Gasteiger partial charge is 0.419 e. The molecule has 0 saturated heterocycles. The van der Waals surface area contributed by atoms with Gasteiger partial charge in [-0.2, -0.15) is 13.2 Å². The number of alkyl halides is 3. The van der Waals surface area contributed by atoms with Crippen LogP contribution in [0.4, 0.5) is 13.2 Å². The molecular formula is C13H12F3N3O3. The molecule has 2 rings (SSSR count). The van der Waals surface area contributed by atoms with E-state index in [-0.39, 0.29) is 24.7 Å². The summed E-state index contributed by atoms with van der Waals surface area (Å²) < 4.78 is 49.2. The van der Waals surface area contributed by atoms with Crippen LogP contribution in [-0.4, -0.2) is 34.5 Å². The molecule has 118 valence electrons. The first-order chi connectivity index (χ1) is 10.4. The highest BCUT2D eigenvalue weighted by molar-refractivity contribution is 5.84. The number of methoxy groups -OCH3 is 1. The number of hydrogen-bond acceptors (Lipinski definition) is 5. The highest BCUT2D eigenvalue weighted by atomic mass is 19.4. The van der Waals surface area contributed by atoms with Crippen molar-refractivity contribution in [3.63, 3.8) is 0 Å². The average molecular weight is 315 g/mol. The van der Waals surface area contributed by atoms with Crippen LogP contribution in [-0.2, 0) is 17.5 Å². The van der Waals surface area contributed by atoms with E-state index in [2.05, 4.69) is 14.8 Å². The number of para-hydroxylation sites is 1. The van der Waals surface area contributed by atoms with E-state index in [4.69, 9.17) is 4.74 Å². The molecule has 0 atom stereocenters. The van der Waals surface area contributed by atoms with Crippen molar-refractivity contribution in [1.82, 2.24) is 14.8 Å². The normalized spacial score (nSPS) is 11.3. The molecule has 9 heteroatoms. The van der Waals surface area contributed by atoms with Crippen LogP contribution in [0.5, 0.6) is 5.75 Å². The molecule has 2 aromatic rings. The van der Waals surface area contributed by atoms with Crippen molar-refractivity contribution in [3.05, 3.63) is 42.0 Å².